The van der Waals surface area contributed by atoms with Crippen LogP contribution in [0.3, 0.4) is 0 Å². The van der Waals surface area contributed by atoms with Crippen molar-refractivity contribution < 1.29 is 0 Å². The van der Waals surface area contributed by atoms with Crippen LogP contribution in [0.15, 0.2) is 18.2 Å². The molecule has 0 saturated heterocycles. The van der Waals surface area contributed by atoms with Gasteiger partial charge < -0.3 is 11.1 Å². The number of halogens is 1. The Morgan fingerprint density at radius 2 is 2.29 bits per heavy atom. The summed E-state index contributed by atoms with van der Waals surface area (Å²) in [5, 5.41) is 12.9. The fourth-order valence-corrected chi connectivity index (χ4v) is 1.82. The molecule has 0 aliphatic heterocycles. The number of nitrogens with two attached hydrogens (primary N) is 1. The van der Waals surface area contributed by atoms with Crippen LogP contribution in [0.1, 0.15) is 31.7 Å². The van der Waals surface area contributed by atoms with E-state index >= 15 is 0 Å². The van der Waals surface area contributed by atoms with Crippen molar-refractivity contribution in [1.82, 2.24) is 0 Å². The molecule has 1 aromatic rings. The van der Waals surface area contributed by atoms with Crippen LogP contribution in [0, 0.1) is 11.3 Å². The van der Waals surface area contributed by atoms with E-state index in [1.165, 1.54) is 0 Å². The average Bonchev–Trinajstić information content (AvgIpc) is 2.34. The van der Waals surface area contributed by atoms with Crippen molar-refractivity contribution in [2.75, 3.05) is 11.9 Å². The zero-order valence-corrected chi connectivity index (χ0v) is 10.8. The molecular formula is C13H18ClN3. The molecule has 0 fully saturated rings. The third kappa shape index (κ3) is 4.26. The number of nitriles is 1. The minimum absolute atomic E-state index is 0.195. The van der Waals surface area contributed by atoms with Gasteiger partial charge in [0, 0.05) is 17.6 Å². The van der Waals surface area contributed by atoms with E-state index in [0.29, 0.717) is 17.1 Å². The highest BCUT2D eigenvalue weighted by atomic mass is 35.5. The summed E-state index contributed by atoms with van der Waals surface area (Å²) in [6.45, 7) is 2.70. The quantitative estimate of drug-likeness (QED) is 0.817. The fraction of sp³-hybridized carbons (Fsp3) is 0.462. The maximum atomic E-state index is 9.01. The highest BCUT2D eigenvalue weighted by Crippen LogP contribution is 2.21. The van der Waals surface area contributed by atoms with Crippen molar-refractivity contribution in [3.8, 4) is 6.07 Å². The molecule has 0 aromatic heterocycles. The molecule has 1 rings (SSSR count). The van der Waals surface area contributed by atoms with Crippen molar-refractivity contribution in [3.63, 3.8) is 0 Å². The smallest absolute Gasteiger partial charge is 0.101 e. The van der Waals surface area contributed by atoms with E-state index in [1.807, 2.05) is 0 Å². The first-order chi connectivity index (χ1) is 8.21. The number of hydrogen-bond donors (Lipinski definition) is 2. The van der Waals surface area contributed by atoms with Gasteiger partial charge in [0.15, 0.2) is 0 Å². The van der Waals surface area contributed by atoms with Crippen LogP contribution >= 0.6 is 11.6 Å². The summed E-state index contributed by atoms with van der Waals surface area (Å²) in [4.78, 5) is 0. The number of anilines is 1. The van der Waals surface area contributed by atoms with E-state index in [-0.39, 0.29) is 6.04 Å². The molecular weight excluding hydrogens is 234 g/mol. The number of nitrogens with one attached hydrogen (secondary N) is 1. The predicted molar refractivity (Wildman–Crippen MR) is 72.2 cm³/mol. The van der Waals surface area contributed by atoms with Crippen LogP contribution in [-0.2, 0) is 0 Å². The van der Waals surface area contributed by atoms with Gasteiger partial charge in [0.2, 0.25) is 0 Å². The number of unbranched alkanes of at least 4 members (excludes halogenated alkanes) is 1. The fourth-order valence-electron chi connectivity index (χ4n) is 1.65. The molecule has 4 heteroatoms. The van der Waals surface area contributed by atoms with Gasteiger partial charge in [-0.1, -0.05) is 31.4 Å². The molecule has 0 radical (unpaired) electrons. The monoisotopic (exact) mass is 251 g/mol. The Morgan fingerprint density at radius 3 is 2.88 bits per heavy atom. The summed E-state index contributed by atoms with van der Waals surface area (Å²) in [7, 11) is 0. The van der Waals surface area contributed by atoms with Gasteiger partial charge in [-0.2, -0.15) is 5.26 Å². The number of benzene rings is 1. The molecule has 1 aromatic carbocycles. The Hall–Kier alpha value is -1.24. The standard InChI is InChI=1S/C13H18ClN3/c1-2-3-4-12(9-16)17-13-7-11(14)6-5-10(13)8-15/h5-7,12,17H,2-4,9,16H2,1H3. The molecule has 1 atom stereocenters. The van der Waals surface area contributed by atoms with Crippen LogP contribution in [0.25, 0.3) is 0 Å². The van der Waals surface area contributed by atoms with Crippen LogP contribution in [-0.4, -0.2) is 12.6 Å². The number of nitrogens with zero attached hydrogens (tertiary/aromatic N) is 1. The predicted octanol–water partition coefficient (Wildman–Crippen LogP) is 3.14. The normalized spacial score (nSPS) is 11.9. The highest BCUT2D eigenvalue weighted by Gasteiger charge is 2.09. The van der Waals surface area contributed by atoms with Gasteiger partial charge >= 0.3 is 0 Å². The Kier molecular flexibility index (Phi) is 5.82. The topological polar surface area (TPSA) is 61.8 Å². The Morgan fingerprint density at radius 1 is 1.53 bits per heavy atom. The van der Waals surface area contributed by atoms with Crippen molar-refractivity contribution in [3.05, 3.63) is 28.8 Å². The molecule has 92 valence electrons. The second-order valence-corrected chi connectivity index (χ2v) is 4.46. The lowest BCUT2D eigenvalue weighted by molar-refractivity contribution is 0.614. The van der Waals surface area contributed by atoms with Crippen LogP contribution in [0.4, 0.5) is 5.69 Å². The lowest BCUT2D eigenvalue weighted by atomic mass is 10.1. The van der Waals surface area contributed by atoms with Gasteiger partial charge in [-0.3, -0.25) is 0 Å². The Bertz CT molecular complexity index is 398. The molecule has 17 heavy (non-hydrogen) atoms. The van der Waals surface area contributed by atoms with Crippen molar-refractivity contribution in [2.24, 2.45) is 5.73 Å². The first-order valence-electron chi connectivity index (χ1n) is 5.87. The third-order valence-corrected chi connectivity index (χ3v) is 2.89. The lowest BCUT2D eigenvalue weighted by Crippen LogP contribution is -2.29. The molecule has 0 amide bonds. The maximum Gasteiger partial charge on any atom is 0.101 e. The highest BCUT2D eigenvalue weighted by molar-refractivity contribution is 6.30. The largest absolute Gasteiger partial charge is 0.380 e. The third-order valence-electron chi connectivity index (χ3n) is 2.65. The molecule has 0 aliphatic rings. The molecule has 0 spiro atoms. The van der Waals surface area contributed by atoms with E-state index in [1.54, 1.807) is 18.2 Å². The summed E-state index contributed by atoms with van der Waals surface area (Å²) < 4.78 is 0. The Labute approximate surface area is 108 Å². The molecule has 0 aliphatic carbocycles. The maximum absolute atomic E-state index is 9.01. The minimum Gasteiger partial charge on any atom is -0.380 e. The second kappa shape index (κ2) is 7.16. The van der Waals surface area contributed by atoms with Gasteiger partial charge in [0.25, 0.3) is 0 Å². The van der Waals surface area contributed by atoms with Crippen LogP contribution < -0.4 is 11.1 Å². The second-order valence-electron chi connectivity index (χ2n) is 4.02. The Balaban J connectivity index is 2.78. The molecule has 3 nitrogen and oxygen atoms in total. The minimum atomic E-state index is 0.195. The number of hydrogen-bond acceptors (Lipinski definition) is 3. The summed E-state index contributed by atoms with van der Waals surface area (Å²) in [6, 6.07) is 7.55. The summed E-state index contributed by atoms with van der Waals surface area (Å²) >= 11 is 5.92. The average molecular weight is 252 g/mol. The molecule has 0 heterocycles. The first kappa shape index (κ1) is 13.8. The van der Waals surface area contributed by atoms with Crippen LogP contribution in [0.2, 0.25) is 5.02 Å². The van der Waals surface area contributed by atoms with E-state index in [9.17, 15) is 0 Å². The van der Waals surface area contributed by atoms with Gasteiger partial charge in [-0.05, 0) is 24.6 Å². The van der Waals surface area contributed by atoms with Gasteiger partial charge in [-0.25, -0.2) is 0 Å². The zero-order chi connectivity index (χ0) is 12.7. The van der Waals surface area contributed by atoms with Crippen molar-refractivity contribution >= 4 is 17.3 Å². The van der Waals surface area contributed by atoms with E-state index < -0.39 is 0 Å². The van der Waals surface area contributed by atoms with E-state index in [4.69, 9.17) is 22.6 Å². The van der Waals surface area contributed by atoms with Crippen molar-refractivity contribution in [2.45, 2.75) is 32.2 Å². The van der Waals surface area contributed by atoms with Crippen molar-refractivity contribution in [1.29, 1.82) is 5.26 Å². The van der Waals surface area contributed by atoms with E-state index in [0.717, 1.165) is 24.9 Å². The number of rotatable bonds is 6. The molecule has 0 bridgehead atoms. The van der Waals surface area contributed by atoms with Gasteiger partial charge in [0.1, 0.15) is 6.07 Å². The summed E-state index contributed by atoms with van der Waals surface area (Å²) in [5.74, 6) is 0. The van der Waals surface area contributed by atoms with Gasteiger partial charge in [-0.15, -0.1) is 0 Å². The van der Waals surface area contributed by atoms with Crippen LogP contribution in [0.5, 0.6) is 0 Å². The SMILES string of the molecule is CCCCC(CN)Nc1cc(Cl)ccc1C#N. The molecule has 1 unspecified atom stereocenters. The molecule has 3 N–H and O–H groups in total. The summed E-state index contributed by atoms with van der Waals surface area (Å²) in [6.07, 6.45) is 3.26. The lowest BCUT2D eigenvalue weighted by Gasteiger charge is -2.18. The summed E-state index contributed by atoms with van der Waals surface area (Å²) in [5.41, 5.74) is 7.08. The van der Waals surface area contributed by atoms with Gasteiger partial charge in [0.05, 0.1) is 11.3 Å². The van der Waals surface area contributed by atoms with E-state index in [2.05, 4.69) is 18.3 Å². The first-order valence-corrected chi connectivity index (χ1v) is 6.25. The molecule has 0 saturated carbocycles. The zero-order valence-electron chi connectivity index (χ0n) is 10.0.